The predicted octanol–water partition coefficient (Wildman–Crippen LogP) is 1.87. The normalized spacial score (nSPS) is 11.3. The highest BCUT2D eigenvalue weighted by atomic mass is 127. The second-order valence-electron chi connectivity index (χ2n) is 4.45. The molecule has 19 heavy (non-hydrogen) atoms. The molecule has 0 aromatic carbocycles. The van der Waals surface area contributed by atoms with Gasteiger partial charge < -0.3 is 20.1 Å². The Bertz CT molecular complexity index is 214. The lowest BCUT2D eigenvalue weighted by Crippen LogP contribution is -2.39. The monoisotopic (exact) mass is 387 g/mol. The van der Waals surface area contributed by atoms with Crippen LogP contribution < -0.4 is 10.6 Å². The van der Waals surface area contributed by atoms with Crippen molar-refractivity contribution in [1.82, 2.24) is 10.6 Å². The van der Waals surface area contributed by atoms with E-state index in [-0.39, 0.29) is 24.0 Å². The third-order valence-corrected chi connectivity index (χ3v) is 2.18. The maximum Gasteiger partial charge on any atom is 0.191 e. The Hall–Kier alpha value is -0.0800. The number of rotatable bonds is 10. The zero-order valence-electron chi connectivity index (χ0n) is 12.7. The van der Waals surface area contributed by atoms with E-state index in [0.717, 1.165) is 45.3 Å². The molecule has 0 aliphatic rings. The first-order chi connectivity index (χ1) is 8.70. The molecule has 0 radical (unpaired) electrons. The number of hydrogen-bond acceptors (Lipinski definition) is 3. The minimum absolute atomic E-state index is 0. The second-order valence-corrected chi connectivity index (χ2v) is 4.45. The molecule has 0 aromatic rings. The van der Waals surface area contributed by atoms with Gasteiger partial charge in [-0.3, -0.25) is 4.99 Å². The fourth-order valence-corrected chi connectivity index (χ4v) is 1.31. The standard InChI is InChI=1S/C13H29N3O2.HI/c1-5-17-10-8-16-13(14-4)15-7-6-9-18-11-12(2)3;/h12H,5-11H2,1-4H3,(H2,14,15,16);1H. The molecular weight excluding hydrogens is 357 g/mol. The molecule has 116 valence electrons. The van der Waals surface area contributed by atoms with Crippen molar-refractivity contribution in [2.24, 2.45) is 10.9 Å². The number of aliphatic imine (C=N–C) groups is 1. The summed E-state index contributed by atoms with van der Waals surface area (Å²) in [6, 6.07) is 0. The smallest absolute Gasteiger partial charge is 0.191 e. The molecule has 0 unspecified atom stereocenters. The van der Waals surface area contributed by atoms with E-state index in [2.05, 4.69) is 29.5 Å². The van der Waals surface area contributed by atoms with Gasteiger partial charge in [0, 0.05) is 40.0 Å². The molecular formula is C13H30IN3O2. The van der Waals surface area contributed by atoms with Crippen molar-refractivity contribution in [2.75, 3.05) is 46.6 Å². The van der Waals surface area contributed by atoms with E-state index in [9.17, 15) is 0 Å². The van der Waals surface area contributed by atoms with Crippen LogP contribution in [-0.2, 0) is 9.47 Å². The molecule has 6 heteroatoms. The Morgan fingerprint density at radius 1 is 1.11 bits per heavy atom. The van der Waals surface area contributed by atoms with Crippen molar-refractivity contribution in [3.05, 3.63) is 0 Å². The van der Waals surface area contributed by atoms with Crippen molar-refractivity contribution in [1.29, 1.82) is 0 Å². The van der Waals surface area contributed by atoms with Crippen LogP contribution in [0.1, 0.15) is 27.2 Å². The predicted molar refractivity (Wildman–Crippen MR) is 91.5 cm³/mol. The van der Waals surface area contributed by atoms with Crippen LogP contribution >= 0.6 is 24.0 Å². The van der Waals surface area contributed by atoms with Gasteiger partial charge in [-0.25, -0.2) is 0 Å². The summed E-state index contributed by atoms with van der Waals surface area (Å²) in [4.78, 5) is 4.13. The second kappa shape index (κ2) is 16.0. The van der Waals surface area contributed by atoms with Gasteiger partial charge in [0.05, 0.1) is 6.61 Å². The molecule has 0 amide bonds. The van der Waals surface area contributed by atoms with E-state index < -0.39 is 0 Å². The summed E-state index contributed by atoms with van der Waals surface area (Å²) in [6.07, 6.45) is 0.985. The van der Waals surface area contributed by atoms with Crippen LogP contribution in [0.3, 0.4) is 0 Å². The molecule has 0 rings (SSSR count). The summed E-state index contributed by atoms with van der Waals surface area (Å²) in [5.41, 5.74) is 0. The van der Waals surface area contributed by atoms with Crippen LogP contribution in [0.2, 0.25) is 0 Å². The number of guanidine groups is 1. The van der Waals surface area contributed by atoms with Crippen molar-refractivity contribution < 1.29 is 9.47 Å². The number of hydrogen-bond donors (Lipinski definition) is 2. The lowest BCUT2D eigenvalue weighted by molar-refractivity contribution is 0.108. The minimum atomic E-state index is 0. The Labute approximate surface area is 134 Å². The van der Waals surface area contributed by atoms with Gasteiger partial charge in [0.25, 0.3) is 0 Å². The zero-order valence-corrected chi connectivity index (χ0v) is 15.0. The van der Waals surface area contributed by atoms with Gasteiger partial charge in [0.2, 0.25) is 0 Å². The number of nitrogens with zero attached hydrogens (tertiary/aromatic N) is 1. The highest BCUT2D eigenvalue weighted by Gasteiger charge is 1.97. The summed E-state index contributed by atoms with van der Waals surface area (Å²) >= 11 is 0. The Morgan fingerprint density at radius 3 is 2.37 bits per heavy atom. The molecule has 5 nitrogen and oxygen atoms in total. The third kappa shape index (κ3) is 15.9. The average molecular weight is 387 g/mol. The molecule has 0 bridgehead atoms. The van der Waals surface area contributed by atoms with Crippen molar-refractivity contribution in [3.8, 4) is 0 Å². The molecule has 2 N–H and O–H groups in total. The largest absolute Gasteiger partial charge is 0.381 e. The Morgan fingerprint density at radius 2 is 1.79 bits per heavy atom. The summed E-state index contributed by atoms with van der Waals surface area (Å²) < 4.78 is 10.7. The van der Waals surface area contributed by atoms with Gasteiger partial charge in [-0.15, -0.1) is 24.0 Å². The molecule has 0 saturated heterocycles. The van der Waals surface area contributed by atoms with Crippen LogP contribution in [0.15, 0.2) is 4.99 Å². The van der Waals surface area contributed by atoms with Gasteiger partial charge in [-0.1, -0.05) is 13.8 Å². The Balaban J connectivity index is 0. The molecule has 0 atom stereocenters. The molecule has 0 aliphatic carbocycles. The van der Waals surface area contributed by atoms with Crippen molar-refractivity contribution >= 4 is 29.9 Å². The molecule has 0 fully saturated rings. The lowest BCUT2D eigenvalue weighted by Gasteiger charge is -2.12. The van der Waals surface area contributed by atoms with Gasteiger partial charge in [0.1, 0.15) is 0 Å². The fraction of sp³-hybridized carbons (Fsp3) is 0.923. The number of nitrogens with one attached hydrogen (secondary N) is 2. The van der Waals surface area contributed by atoms with Crippen LogP contribution in [0.4, 0.5) is 0 Å². The summed E-state index contributed by atoms with van der Waals surface area (Å²) in [5.74, 6) is 1.42. The van der Waals surface area contributed by atoms with Crippen molar-refractivity contribution in [2.45, 2.75) is 27.2 Å². The first-order valence-electron chi connectivity index (χ1n) is 6.80. The van der Waals surface area contributed by atoms with E-state index in [4.69, 9.17) is 9.47 Å². The average Bonchev–Trinajstić information content (AvgIpc) is 2.35. The zero-order chi connectivity index (χ0) is 13.6. The maximum atomic E-state index is 5.50. The highest BCUT2D eigenvalue weighted by Crippen LogP contribution is 1.92. The van der Waals surface area contributed by atoms with E-state index in [1.165, 1.54) is 0 Å². The third-order valence-electron chi connectivity index (χ3n) is 2.18. The molecule has 0 aliphatic heterocycles. The summed E-state index contributed by atoms with van der Waals surface area (Å²) in [6.45, 7) is 11.0. The van der Waals surface area contributed by atoms with Gasteiger partial charge >= 0.3 is 0 Å². The van der Waals surface area contributed by atoms with Crippen LogP contribution in [0.25, 0.3) is 0 Å². The summed E-state index contributed by atoms with van der Waals surface area (Å²) in [7, 11) is 1.77. The lowest BCUT2D eigenvalue weighted by atomic mass is 10.2. The van der Waals surface area contributed by atoms with Crippen LogP contribution in [-0.4, -0.2) is 52.5 Å². The SMILES string of the molecule is CCOCCNC(=NC)NCCCOCC(C)C.I. The molecule has 0 saturated carbocycles. The summed E-state index contributed by atoms with van der Waals surface area (Å²) in [5, 5.41) is 6.42. The van der Waals surface area contributed by atoms with Crippen molar-refractivity contribution in [3.63, 3.8) is 0 Å². The molecule has 0 spiro atoms. The highest BCUT2D eigenvalue weighted by molar-refractivity contribution is 14.0. The Kier molecular flexibility index (Phi) is 17.8. The first-order valence-corrected chi connectivity index (χ1v) is 6.80. The number of ether oxygens (including phenoxy) is 2. The van der Waals surface area contributed by atoms with Gasteiger partial charge in [0.15, 0.2) is 5.96 Å². The fourth-order valence-electron chi connectivity index (χ4n) is 1.31. The molecule has 0 aromatic heterocycles. The van der Waals surface area contributed by atoms with Crippen LogP contribution in [0.5, 0.6) is 0 Å². The van der Waals surface area contributed by atoms with E-state index in [1.807, 2.05) is 6.92 Å². The topological polar surface area (TPSA) is 54.9 Å². The quantitative estimate of drug-likeness (QED) is 0.260. The van der Waals surface area contributed by atoms with Crippen LogP contribution in [0, 0.1) is 5.92 Å². The van der Waals surface area contributed by atoms with E-state index in [1.54, 1.807) is 7.05 Å². The van der Waals surface area contributed by atoms with E-state index >= 15 is 0 Å². The molecule has 0 heterocycles. The van der Waals surface area contributed by atoms with E-state index in [0.29, 0.717) is 12.5 Å². The maximum absolute atomic E-state index is 5.50. The van der Waals surface area contributed by atoms with Gasteiger partial charge in [-0.05, 0) is 19.3 Å². The number of halogens is 1. The van der Waals surface area contributed by atoms with Gasteiger partial charge in [-0.2, -0.15) is 0 Å². The first kappa shape index (κ1) is 21.2. The minimum Gasteiger partial charge on any atom is -0.381 e.